The molecule has 25 heavy (non-hydrogen) atoms. The summed E-state index contributed by atoms with van der Waals surface area (Å²) in [6, 6.07) is 0. The van der Waals surface area contributed by atoms with Crippen LogP contribution in [0.15, 0.2) is 0 Å². The van der Waals surface area contributed by atoms with Gasteiger partial charge in [0.15, 0.2) is 0 Å². The summed E-state index contributed by atoms with van der Waals surface area (Å²) in [5.41, 5.74) is 0.470. The molecular weight excluding hydrogens is 308 g/mol. The van der Waals surface area contributed by atoms with E-state index in [1.807, 2.05) is 0 Å². The van der Waals surface area contributed by atoms with Crippen LogP contribution in [0.3, 0.4) is 0 Å². The van der Waals surface area contributed by atoms with Crippen LogP contribution < -0.4 is 0 Å². The number of aliphatic hydroxyl groups is 1. The Labute approximate surface area is 156 Å². The molecule has 0 atom stereocenters. The Kier molecular flexibility index (Phi) is 6.88. The molecule has 0 heterocycles. The van der Waals surface area contributed by atoms with E-state index in [2.05, 4.69) is 20.8 Å². The van der Waals surface area contributed by atoms with Crippen molar-refractivity contribution in [3.63, 3.8) is 0 Å². The van der Waals surface area contributed by atoms with Gasteiger partial charge in [0.25, 0.3) is 0 Å². The predicted octanol–water partition coefficient (Wildman–Crippen LogP) is 6.11. The standard InChI is InChI=1S/C23H42O2/c1-23(2,3)19-8-14-22(15-9-19)25-21-12-6-18(7-13-21)16-17-4-10-20(24)11-5-17/h17-22,24H,4-16H2,1-3H3. The van der Waals surface area contributed by atoms with E-state index in [0.717, 1.165) is 30.6 Å². The third kappa shape index (κ3) is 5.96. The van der Waals surface area contributed by atoms with Gasteiger partial charge in [-0.2, -0.15) is 0 Å². The highest BCUT2D eigenvalue weighted by Gasteiger charge is 2.32. The van der Waals surface area contributed by atoms with E-state index in [1.165, 1.54) is 70.6 Å². The number of rotatable bonds is 4. The number of aliphatic hydroxyl groups excluding tert-OH is 1. The normalized spacial score (nSPS) is 40.8. The average Bonchev–Trinajstić information content (AvgIpc) is 2.58. The molecule has 2 heteroatoms. The quantitative estimate of drug-likeness (QED) is 0.663. The SMILES string of the molecule is CC(C)(C)C1CCC(OC2CCC(CC3CCC(O)CC3)CC2)CC1. The van der Waals surface area contributed by atoms with Gasteiger partial charge in [0.1, 0.15) is 0 Å². The number of ether oxygens (including phenoxy) is 1. The highest BCUT2D eigenvalue weighted by atomic mass is 16.5. The maximum Gasteiger partial charge on any atom is 0.0579 e. The minimum Gasteiger partial charge on any atom is -0.393 e. The lowest BCUT2D eigenvalue weighted by molar-refractivity contribution is -0.0637. The van der Waals surface area contributed by atoms with Crippen molar-refractivity contribution in [3.8, 4) is 0 Å². The van der Waals surface area contributed by atoms with E-state index in [-0.39, 0.29) is 6.10 Å². The molecule has 2 nitrogen and oxygen atoms in total. The van der Waals surface area contributed by atoms with E-state index in [4.69, 9.17) is 4.74 Å². The van der Waals surface area contributed by atoms with Crippen LogP contribution >= 0.6 is 0 Å². The van der Waals surface area contributed by atoms with Gasteiger partial charge in [-0.25, -0.2) is 0 Å². The van der Waals surface area contributed by atoms with Gasteiger partial charge in [-0.1, -0.05) is 20.8 Å². The molecule has 0 aromatic heterocycles. The summed E-state index contributed by atoms with van der Waals surface area (Å²) in [7, 11) is 0. The average molecular weight is 351 g/mol. The van der Waals surface area contributed by atoms with Gasteiger partial charge in [0.05, 0.1) is 18.3 Å². The third-order valence-corrected chi connectivity index (χ3v) is 7.56. The molecule has 3 fully saturated rings. The van der Waals surface area contributed by atoms with Crippen LogP contribution in [0.25, 0.3) is 0 Å². The van der Waals surface area contributed by atoms with Crippen molar-refractivity contribution in [3.05, 3.63) is 0 Å². The third-order valence-electron chi connectivity index (χ3n) is 7.56. The van der Waals surface area contributed by atoms with Crippen molar-refractivity contribution in [1.82, 2.24) is 0 Å². The molecule has 0 spiro atoms. The molecule has 0 radical (unpaired) electrons. The molecule has 0 unspecified atom stereocenters. The summed E-state index contributed by atoms with van der Waals surface area (Å²) in [6.07, 6.45) is 17.7. The second kappa shape index (κ2) is 8.74. The van der Waals surface area contributed by atoms with Crippen molar-refractivity contribution in [2.75, 3.05) is 0 Å². The summed E-state index contributed by atoms with van der Waals surface area (Å²) >= 11 is 0. The minimum absolute atomic E-state index is 0.00578. The largest absolute Gasteiger partial charge is 0.393 e. The summed E-state index contributed by atoms with van der Waals surface area (Å²) in [5, 5.41) is 9.67. The summed E-state index contributed by atoms with van der Waals surface area (Å²) < 4.78 is 6.51. The highest BCUT2D eigenvalue weighted by Crippen LogP contribution is 2.40. The Morgan fingerprint density at radius 1 is 0.680 bits per heavy atom. The maximum atomic E-state index is 9.67. The molecule has 0 bridgehead atoms. The smallest absolute Gasteiger partial charge is 0.0579 e. The van der Waals surface area contributed by atoms with Crippen molar-refractivity contribution in [2.45, 2.75) is 123 Å². The topological polar surface area (TPSA) is 29.5 Å². The van der Waals surface area contributed by atoms with Gasteiger partial charge in [-0.3, -0.25) is 0 Å². The molecule has 0 aromatic rings. The first kappa shape index (κ1) is 19.7. The van der Waals surface area contributed by atoms with Crippen LogP contribution in [0.1, 0.15) is 104 Å². The molecule has 0 aromatic carbocycles. The van der Waals surface area contributed by atoms with E-state index in [0.29, 0.717) is 17.6 Å². The summed E-state index contributed by atoms with van der Waals surface area (Å²) in [4.78, 5) is 0. The highest BCUT2D eigenvalue weighted by molar-refractivity contribution is 4.83. The van der Waals surface area contributed by atoms with Gasteiger partial charge in [0, 0.05) is 0 Å². The van der Waals surface area contributed by atoms with Crippen LogP contribution in [0.2, 0.25) is 0 Å². The van der Waals surface area contributed by atoms with E-state index in [9.17, 15) is 5.11 Å². The zero-order valence-electron chi connectivity index (χ0n) is 17.0. The van der Waals surface area contributed by atoms with Gasteiger partial charge >= 0.3 is 0 Å². The molecule has 146 valence electrons. The van der Waals surface area contributed by atoms with Crippen LogP contribution in [0.5, 0.6) is 0 Å². The molecule has 0 saturated heterocycles. The van der Waals surface area contributed by atoms with E-state index in [1.54, 1.807) is 0 Å². The second-order valence-corrected chi connectivity index (χ2v) is 10.5. The Balaban J connectivity index is 1.32. The van der Waals surface area contributed by atoms with Crippen molar-refractivity contribution in [1.29, 1.82) is 0 Å². The number of hydrogen-bond donors (Lipinski definition) is 1. The summed E-state index contributed by atoms with van der Waals surface area (Å²) in [5.74, 6) is 2.70. The second-order valence-electron chi connectivity index (χ2n) is 10.5. The molecular formula is C23H42O2. The first-order valence-electron chi connectivity index (χ1n) is 11.2. The van der Waals surface area contributed by atoms with Crippen molar-refractivity contribution in [2.24, 2.45) is 23.2 Å². The van der Waals surface area contributed by atoms with E-state index < -0.39 is 0 Å². The van der Waals surface area contributed by atoms with Crippen LogP contribution in [0.4, 0.5) is 0 Å². The Morgan fingerprint density at radius 2 is 1.12 bits per heavy atom. The summed E-state index contributed by atoms with van der Waals surface area (Å²) in [6.45, 7) is 7.19. The fraction of sp³-hybridized carbons (Fsp3) is 1.00. The van der Waals surface area contributed by atoms with Crippen molar-refractivity contribution < 1.29 is 9.84 Å². The molecule has 1 N–H and O–H groups in total. The van der Waals surface area contributed by atoms with Crippen molar-refractivity contribution >= 4 is 0 Å². The first-order chi connectivity index (χ1) is 11.9. The number of hydrogen-bond acceptors (Lipinski definition) is 2. The van der Waals surface area contributed by atoms with Gasteiger partial charge in [0.2, 0.25) is 0 Å². The van der Waals surface area contributed by atoms with Crippen LogP contribution in [-0.2, 0) is 4.74 Å². The maximum absolute atomic E-state index is 9.67. The lowest BCUT2D eigenvalue weighted by Crippen LogP contribution is -2.33. The molecule has 3 saturated carbocycles. The zero-order chi connectivity index (χ0) is 17.9. The fourth-order valence-electron chi connectivity index (χ4n) is 5.69. The first-order valence-corrected chi connectivity index (χ1v) is 11.2. The predicted molar refractivity (Wildman–Crippen MR) is 105 cm³/mol. The Morgan fingerprint density at radius 3 is 1.60 bits per heavy atom. The molecule has 3 aliphatic rings. The Hall–Kier alpha value is -0.0800. The lowest BCUT2D eigenvalue weighted by Gasteiger charge is -2.39. The fourth-order valence-corrected chi connectivity index (χ4v) is 5.69. The van der Waals surface area contributed by atoms with Gasteiger partial charge < -0.3 is 9.84 Å². The monoisotopic (exact) mass is 350 g/mol. The lowest BCUT2D eigenvalue weighted by atomic mass is 9.72. The van der Waals surface area contributed by atoms with Crippen LogP contribution in [0, 0.1) is 23.2 Å². The van der Waals surface area contributed by atoms with Gasteiger partial charge in [-0.05, 0) is 107 Å². The van der Waals surface area contributed by atoms with E-state index >= 15 is 0 Å². The van der Waals surface area contributed by atoms with Crippen LogP contribution in [-0.4, -0.2) is 23.4 Å². The Bertz CT molecular complexity index is 375. The molecule has 0 amide bonds. The minimum atomic E-state index is -0.00578. The molecule has 0 aliphatic heterocycles. The molecule has 3 aliphatic carbocycles. The molecule has 3 rings (SSSR count). The van der Waals surface area contributed by atoms with Gasteiger partial charge in [-0.15, -0.1) is 0 Å². The zero-order valence-corrected chi connectivity index (χ0v) is 17.0.